The predicted octanol–water partition coefficient (Wildman–Crippen LogP) is 3.18. The maximum atomic E-state index is 12.7. The first-order chi connectivity index (χ1) is 16.2. The number of hydrogen-bond acceptors (Lipinski definition) is 7. The number of aryl methyl sites for hydroxylation is 1. The highest BCUT2D eigenvalue weighted by molar-refractivity contribution is 7.92. The molecule has 1 amide bonds. The highest BCUT2D eigenvalue weighted by Crippen LogP contribution is 2.23. The van der Waals surface area contributed by atoms with Crippen LogP contribution in [0.1, 0.15) is 21.5 Å². The van der Waals surface area contributed by atoms with Crippen molar-refractivity contribution in [1.82, 2.24) is 5.32 Å². The van der Waals surface area contributed by atoms with Crippen molar-refractivity contribution in [2.45, 2.75) is 18.4 Å². The van der Waals surface area contributed by atoms with Gasteiger partial charge in [0.25, 0.3) is 21.6 Å². The number of amides is 1. The fraction of sp³-hybridized carbons (Fsp3) is 0.130. The zero-order chi connectivity index (χ0) is 24.7. The van der Waals surface area contributed by atoms with Crippen molar-refractivity contribution in [1.29, 1.82) is 0 Å². The molecule has 10 nitrogen and oxygen atoms in total. The molecule has 0 radical (unpaired) electrons. The SMILES string of the molecule is Cc1ccc(CNC(=O)COC(=O)c2ccccc2NS(=O)(=O)c2cccc([N+](=O)[O-])c2)cc1. The number of carbonyl (C=O) groups is 2. The Labute approximate surface area is 195 Å². The van der Waals surface area contributed by atoms with E-state index in [1.165, 1.54) is 36.4 Å². The number of rotatable bonds is 9. The Bertz CT molecular complexity index is 1320. The molecule has 0 fully saturated rings. The second-order valence-corrected chi connectivity index (χ2v) is 8.93. The maximum Gasteiger partial charge on any atom is 0.340 e. The van der Waals surface area contributed by atoms with Crippen LogP contribution in [0, 0.1) is 17.0 Å². The van der Waals surface area contributed by atoms with Gasteiger partial charge in [-0.3, -0.25) is 19.6 Å². The Kier molecular flexibility index (Phi) is 7.59. The van der Waals surface area contributed by atoms with Crippen LogP contribution in [0.5, 0.6) is 0 Å². The summed E-state index contributed by atoms with van der Waals surface area (Å²) in [4.78, 5) is 34.5. The first-order valence-corrected chi connectivity index (χ1v) is 11.5. The van der Waals surface area contributed by atoms with Gasteiger partial charge < -0.3 is 10.1 Å². The third kappa shape index (κ3) is 6.39. The Hall–Kier alpha value is -4.25. The molecule has 0 saturated carbocycles. The van der Waals surface area contributed by atoms with Crippen molar-refractivity contribution in [2.24, 2.45) is 0 Å². The molecular weight excluding hydrogens is 462 g/mol. The Morgan fingerprint density at radius 2 is 1.71 bits per heavy atom. The third-order valence-electron chi connectivity index (χ3n) is 4.67. The molecule has 0 aliphatic heterocycles. The van der Waals surface area contributed by atoms with E-state index in [9.17, 15) is 28.1 Å². The quantitative estimate of drug-likeness (QED) is 0.270. The molecule has 3 aromatic rings. The number of para-hydroxylation sites is 1. The molecule has 0 aliphatic carbocycles. The zero-order valence-electron chi connectivity index (χ0n) is 18.1. The van der Waals surface area contributed by atoms with Gasteiger partial charge in [-0.25, -0.2) is 13.2 Å². The minimum Gasteiger partial charge on any atom is -0.452 e. The van der Waals surface area contributed by atoms with Gasteiger partial charge in [0.15, 0.2) is 6.61 Å². The molecule has 3 aromatic carbocycles. The van der Waals surface area contributed by atoms with Gasteiger partial charge in [-0.2, -0.15) is 0 Å². The highest BCUT2D eigenvalue weighted by Gasteiger charge is 2.21. The van der Waals surface area contributed by atoms with Crippen molar-refractivity contribution < 1.29 is 27.7 Å². The minimum atomic E-state index is -4.24. The second-order valence-electron chi connectivity index (χ2n) is 7.24. The number of non-ortho nitro benzene ring substituents is 1. The van der Waals surface area contributed by atoms with Gasteiger partial charge in [-0.15, -0.1) is 0 Å². The molecular formula is C23H21N3O7S. The number of nitrogens with one attached hydrogen (secondary N) is 2. The van der Waals surface area contributed by atoms with Crippen LogP contribution in [-0.4, -0.2) is 31.8 Å². The molecule has 0 aliphatic rings. The van der Waals surface area contributed by atoms with E-state index in [0.717, 1.165) is 23.3 Å². The fourth-order valence-electron chi connectivity index (χ4n) is 2.88. The van der Waals surface area contributed by atoms with E-state index in [0.29, 0.717) is 0 Å². The Morgan fingerprint density at radius 1 is 1.00 bits per heavy atom. The van der Waals surface area contributed by atoms with Crippen molar-refractivity contribution in [2.75, 3.05) is 11.3 Å². The van der Waals surface area contributed by atoms with Crippen LogP contribution in [-0.2, 0) is 26.1 Å². The van der Waals surface area contributed by atoms with Gasteiger partial charge in [-0.1, -0.05) is 48.0 Å². The smallest absolute Gasteiger partial charge is 0.340 e. The lowest BCUT2D eigenvalue weighted by Crippen LogP contribution is -2.28. The summed E-state index contributed by atoms with van der Waals surface area (Å²) in [5.74, 6) is -1.44. The van der Waals surface area contributed by atoms with E-state index in [2.05, 4.69) is 10.0 Å². The predicted molar refractivity (Wildman–Crippen MR) is 124 cm³/mol. The molecule has 0 bridgehead atoms. The lowest BCUT2D eigenvalue weighted by atomic mass is 10.1. The lowest BCUT2D eigenvalue weighted by Gasteiger charge is -2.12. The number of benzene rings is 3. The van der Waals surface area contributed by atoms with Crippen LogP contribution in [0.3, 0.4) is 0 Å². The van der Waals surface area contributed by atoms with Gasteiger partial charge >= 0.3 is 5.97 Å². The summed E-state index contributed by atoms with van der Waals surface area (Å²) in [6, 6.07) is 17.7. The van der Waals surface area contributed by atoms with Gasteiger partial charge in [0.1, 0.15) is 0 Å². The van der Waals surface area contributed by atoms with Crippen LogP contribution in [0.25, 0.3) is 0 Å². The topological polar surface area (TPSA) is 145 Å². The molecule has 176 valence electrons. The molecule has 34 heavy (non-hydrogen) atoms. The zero-order valence-corrected chi connectivity index (χ0v) is 18.9. The molecule has 0 spiro atoms. The number of esters is 1. The molecule has 11 heteroatoms. The highest BCUT2D eigenvalue weighted by atomic mass is 32.2. The van der Waals surface area contributed by atoms with Crippen LogP contribution < -0.4 is 10.0 Å². The van der Waals surface area contributed by atoms with Crippen molar-refractivity contribution in [3.8, 4) is 0 Å². The summed E-state index contributed by atoms with van der Waals surface area (Å²) < 4.78 is 32.7. The second kappa shape index (κ2) is 10.6. The lowest BCUT2D eigenvalue weighted by molar-refractivity contribution is -0.385. The Balaban J connectivity index is 1.65. The summed E-state index contributed by atoms with van der Waals surface area (Å²) in [6.45, 7) is 1.65. The number of ether oxygens (including phenoxy) is 1. The van der Waals surface area contributed by atoms with Crippen LogP contribution in [0.2, 0.25) is 0 Å². The van der Waals surface area contributed by atoms with Crippen LogP contribution in [0.4, 0.5) is 11.4 Å². The summed E-state index contributed by atoms with van der Waals surface area (Å²) >= 11 is 0. The molecule has 0 atom stereocenters. The van der Waals surface area contributed by atoms with E-state index in [-0.39, 0.29) is 22.7 Å². The molecule has 2 N–H and O–H groups in total. The van der Waals surface area contributed by atoms with Gasteiger partial charge in [0.05, 0.1) is 21.1 Å². The fourth-order valence-corrected chi connectivity index (χ4v) is 4.00. The number of nitro benzene ring substituents is 1. The van der Waals surface area contributed by atoms with Gasteiger partial charge in [0, 0.05) is 18.7 Å². The summed E-state index contributed by atoms with van der Waals surface area (Å²) in [7, 11) is -4.24. The van der Waals surface area contributed by atoms with Crippen molar-refractivity contribution >= 4 is 33.3 Å². The number of nitrogens with zero attached hydrogens (tertiary/aromatic N) is 1. The van der Waals surface area contributed by atoms with E-state index in [4.69, 9.17) is 4.74 Å². The van der Waals surface area contributed by atoms with Crippen LogP contribution >= 0.6 is 0 Å². The number of hydrogen-bond donors (Lipinski definition) is 2. The number of anilines is 1. The van der Waals surface area contributed by atoms with E-state index in [1.54, 1.807) is 0 Å². The van der Waals surface area contributed by atoms with Crippen molar-refractivity contribution in [3.63, 3.8) is 0 Å². The summed E-state index contributed by atoms with van der Waals surface area (Å²) in [5.41, 5.74) is 1.35. The number of carbonyl (C=O) groups excluding carboxylic acids is 2. The van der Waals surface area contributed by atoms with Gasteiger partial charge in [-0.05, 0) is 30.7 Å². The summed E-state index contributed by atoms with van der Waals surface area (Å²) in [5, 5.41) is 13.6. The average Bonchev–Trinajstić information content (AvgIpc) is 2.82. The van der Waals surface area contributed by atoms with Crippen LogP contribution in [0.15, 0.2) is 77.7 Å². The first kappa shape index (κ1) is 24.4. The molecule has 0 aromatic heterocycles. The van der Waals surface area contributed by atoms with Gasteiger partial charge in [0.2, 0.25) is 0 Å². The molecule has 0 unspecified atom stereocenters. The monoisotopic (exact) mass is 483 g/mol. The third-order valence-corrected chi connectivity index (χ3v) is 6.04. The molecule has 0 saturated heterocycles. The van der Waals surface area contributed by atoms with Crippen molar-refractivity contribution in [3.05, 3.63) is 99.6 Å². The largest absolute Gasteiger partial charge is 0.452 e. The minimum absolute atomic E-state index is 0.0981. The van der Waals surface area contributed by atoms with E-state index < -0.39 is 39.1 Å². The van der Waals surface area contributed by atoms with E-state index in [1.807, 2.05) is 31.2 Å². The van der Waals surface area contributed by atoms with E-state index >= 15 is 0 Å². The Morgan fingerprint density at radius 3 is 2.41 bits per heavy atom. The standard InChI is InChI=1S/C23H21N3O7S/c1-16-9-11-17(12-10-16)14-24-22(27)15-33-23(28)20-7-2-3-8-21(20)25-34(31,32)19-6-4-5-18(13-19)26(29)30/h2-13,25H,14-15H2,1H3,(H,24,27). The number of sulfonamides is 1. The first-order valence-electron chi connectivity index (χ1n) is 10.0. The average molecular weight is 484 g/mol. The normalized spacial score (nSPS) is 10.9. The number of nitro groups is 1. The molecule has 0 heterocycles. The summed E-state index contributed by atoms with van der Waals surface area (Å²) in [6.07, 6.45) is 0. The maximum absolute atomic E-state index is 12.7. The molecule has 3 rings (SSSR count).